The van der Waals surface area contributed by atoms with Crippen molar-refractivity contribution in [3.8, 4) is 11.5 Å². The molecule has 118 valence electrons. The van der Waals surface area contributed by atoms with Crippen LogP contribution in [0.2, 0.25) is 0 Å². The molecular formula is C16H20N2O3S. The lowest BCUT2D eigenvalue weighted by atomic mass is 10.1. The highest BCUT2D eigenvalue weighted by molar-refractivity contribution is 7.11. The monoisotopic (exact) mass is 320 g/mol. The lowest BCUT2D eigenvalue weighted by Crippen LogP contribution is -2.24. The normalized spacial score (nSPS) is 10.3. The molecule has 0 saturated carbocycles. The zero-order valence-corrected chi connectivity index (χ0v) is 13.6. The first-order valence-corrected chi connectivity index (χ1v) is 8.17. The van der Waals surface area contributed by atoms with Crippen molar-refractivity contribution in [1.82, 2.24) is 10.3 Å². The highest BCUT2D eigenvalue weighted by atomic mass is 32.1. The standard InChI is InChI=1S/C16H20N2O3S/c1-3-20-13-6-5-12(9-14(13)21-4-2)7-8-18-16(19)15-10-17-11-22-15/h5-6,9-11H,3-4,7-8H2,1-2H3,(H,18,19). The van der Waals surface area contributed by atoms with Crippen LogP contribution < -0.4 is 14.8 Å². The Kier molecular flexibility index (Phi) is 6.21. The highest BCUT2D eigenvalue weighted by Crippen LogP contribution is 2.28. The molecule has 0 radical (unpaired) electrons. The molecule has 1 aromatic carbocycles. The number of rotatable bonds is 8. The summed E-state index contributed by atoms with van der Waals surface area (Å²) in [4.78, 5) is 16.3. The molecule has 1 aromatic heterocycles. The average Bonchev–Trinajstić information content (AvgIpc) is 3.04. The summed E-state index contributed by atoms with van der Waals surface area (Å²) in [6, 6.07) is 5.87. The summed E-state index contributed by atoms with van der Waals surface area (Å²) in [6.07, 6.45) is 2.31. The molecular weight excluding hydrogens is 300 g/mol. The maximum absolute atomic E-state index is 11.8. The highest BCUT2D eigenvalue weighted by Gasteiger charge is 2.08. The Bertz CT molecular complexity index is 599. The minimum atomic E-state index is -0.0848. The van der Waals surface area contributed by atoms with E-state index in [1.165, 1.54) is 11.3 Å². The van der Waals surface area contributed by atoms with Crippen molar-refractivity contribution in [3.63, 3.8) is 0 Å². The van der Waals surface area contributed by atoms with Crippen LogP contribution in [0.15, 0.2) is 29.9 Å². The third-order valence-corrected chi connectivity index (χ3v) is 3.74. The SMILES string of the molecule is CCOc1ccc(CCNC(=O)c2cncs2)cc1OCC. The Labute approximate surface area is 134 Å². The molecule has 1 amide bonds. The van der Waals surface area contributed by atoms with E-state index in [1.807, 2.05) is 32.0 Å². The van der Waals surface area contributed by atoms with Gasteiger partial charge in [-0.1, -0.05) is 6.07 Å². The molecule has 0 aliphatic heterocycles. The minimum Gasteiger partial charge on any atom is -0.490 e. The molecule has 1 heterocycles. The van der Waals surface area contributed by atoms with Crippen LogP contribution in [0.1, 0.15) is 29.1 Å². The Morgan fingerprint density at radius 2 is 2.00 bits per heavy atom. The number of amides is 1. The van der Waals surface area contributed by atoms with Crippen LogP contribution in [0.4, 0.5) is 0 Å². The van der Waals surface area contributed by atoms with Gasteiger partial charge in [0.25, 0.3) is 5.91 Å². The molecule has 22 heavy (non-hydrogen) atoms. The van der Waals surface area contributed by atoms with Crippen LogP contribution in [0, 0.1) is 0 Å². The predicted octanol–water partition coefficient (Wildman–Crippen LogP) is 2.91. The van der Waals surface area contributed by atoms with Crippen molar-refractivity contribution in [2.24, 2.45) is 0 Å². The molecule has 6 heteroatoms. The number of nitrogens with one attached hydrogen (secondary N) is 1. The van der Waals surface area contributed by atoms with E-state index < -0.39 is 0 Å². The van der Waals surface area contributed by atoms with Gasteiger partial charge in [0, 0.05) is 6.54 Å². The number of thiazole rings is 1. The zero-order chi connectivity index (χ0) is 15.8. The van der Waals surface area contributed by atoms with E-state index in [1.54, 1.807) is 11.7 Å². The summed E-state index contributed by atoms with van der Waals surface area (Å²) in [6.45, 7) is 5.64. The summed E-state index contributed by atoms with van der Waals surface area (Å²) in [5.74, 6) is 1.41. The van der Waals surface area contributed by atoms with Crippen molar-refractivity contribution in [2.75, 3.05) is 19.8 Å². The zero-order valence-electron chi connectivity index (χ0n) is 12.8. The molecule has 1 N–H and O–H groups in total. The Balaban J connectivity index is 1.92. The van der Waals surface area contributed by atoms with Gasteiger partial charge in [-0.15, -0.1) is 11.3 Å². The van der Waals surface area contributed by atoms with E-state index in [0.717, 1.165) is 23.5 Å². The average molecular weight is 320 g/mol. The molecule has 0 saturated heterocycles. The first-order chi connectivity index (χ1) is 10.7. The van der Waals surface area contributed by atoms with E-state index >= 15 is 0 Å². The molecule has 0 fully saturated rings. The summed E-state index contributed by atoms with van der Waals surface area (Å²) in [5, 5.41) is 2.88. The summed E-state index contributed by atoms with van der Waals surface area (Å²) < 4.78 is 11.1. The van der Waals surface area contributed by atoms with Gasteiger partial charge in [-0.2, -0.15) is 0 Å². The van der Waals surface area contributed by atoms with E-state index in [4.69, 9.17) is 9.47 Å². The molecule has 0 bridgehead atoms. The molecule has 0 atom stereocenters. The van der Waals surface area contributed by atoms with Crippen LogP contribution in [0.25, 0.3) is 0 Å². The van der Waals surface area contributed by atoms with Gasteiger partial charge in [0.05, 0.1) is 24.9 Å². The van der Waals surface area contributed by atoms with E-state index in [2.05, 4.69) is 10.3 Å². The fourth-order valence-corrected chi connectivity index (χ4v) is 2.52. The van der Waals surface area contributed by atoms with Crippen molar-refractivity contribution >= 4 is 17.2 Å². The molecule has 0 spiro atoms. The quantitative estimate of drug-likeness (QED) is 0.812. The number of ether oxygens (including phenoxy) is 2. The van der Waals surface area contributed by atoms with Crippen molar-refractivity contribution in [2.45, 2.75) is 20.3 Å². The van der Waals surface area contributed by atoms with Crippen LogP contribution >= 0.6 is 11.3 Å². The Morgan fingerprint density at radius 1 is 1.23 bits per heavy atom. The second-order valence-electron chi connectivity index (χ2n) is 4.52. The maximum Gasteiger partial charge on any atom is 0.263 e. The van der Waals surface area contributed by atoms with Gasteiger partial charge in [0.15, 0.2) is 11.5 Å². The van der Waals surface area contributed by atoms with Crippen LogP contribution in [-0.2, 0) is 6.42 Å². The molecule has 2 aromatic rings. The number of benzene rings is 1. The second-order valence-corrected chi connectivity index (χ2v) is 5.41. The van der Waals surface area contributed by atoms with Gasteiger partial charge in [0.2, 0.25) is 0 Å². The number of aromatic nitrogens is 1. The van der Waals surface area contributed by atoms with Crippen molar-refractivity contribution in [1.29, 1.82) is 0 Å². The van der Waals surface area contributed by atoms with Gasteiger partial charge in [-0.25, -0.2) is 0 Å². The molecule has 0 aliphatic rings. The molecule has 0 aliphatic carbocycles. The first kappa shape index (κ1) is 16.3. The number of nitrogens with zero attached hydrogens (tertiary/aromatic N) is 1. The van der Waals surface area contributed by atoms with Crippen LogP contribution in [0.5, 0.6) is 11.5 Å². The fraction of sp³-hybridized carbons (Fsp3) is 0.375. The lowest BCUT2D eigenvalue weighted by molar-refractivity contribution is 0.0958. The lowest BCUT2D eigenvalue weighted by Gasteiger charge is -2.12. The minimum absolute atomic E-state index is 0.0848. The van der Waals surface area contributed by atoms with Gasteiger partial charge in [-0.05, 0) is 38.0 Å². The maximum atomic E-state index is 11.8. The third-order valence-electron chi connectivity index (χ3n) is 2.96. The topological polar surface area (TPSA) is 60.5 Å². The van der Waals surface area contributed by atoms with E-state index in [-0.39, 0.29) is 5.91 Å². The van der Waals surface area contributed by atoms with Crippen molar-refractivity contribution < 1.29 is 14.3 Å². The number of hydrogen-bond donors (Lipinski definition) is 1. The van der Waals surface area contributed by atoms with Gasteiger partial charge < -0.3 is 14.8 Å². The number of hydrogen-bond acceptors (Lipinski definition) is 5. The van der Waals surface area contributed by atoms with Crippen molar-refractivity contribution in [3.05, 3.63) is 40.3 Å². The number of carbonyl (C=O) groups is 1. The van der Waals surface area contributed by atoms with Crippen LogP contribution in [0.3, 0.4) is 0 Å². The molecule has 2 rings (SSSR count). The summed E-state index contributed by atoms with van der Waals surface area (Å²) in [5.41, 5.74) is 2.74. The second kappa shape index (κ2) is 8.38. The van der Waals surface area contributed by atoms with Gasteiger partial charge in [-0.3, -0.25) is 9.78 Å². The van der Waals surface area contributed by atoms with Crippen LogP contribution in [-0.4, -0.2) is 30.6 Å². The molecule has 0 unspecified atom stereocenters. The summed E-state index contributed by atoms with van der Waals surface area (Å²) >= 11 is 1.33. The predicted molar refractivity (Wildman–Crippen MR) is 86.9 cm³/mol. The van der Waals surface area contributed by atoms with E-state index in [9.17, 15) is 4.79 Å². The first-order valence-electron chi connectivity index (χ1n) is 7.29. The van der Waals surface area contributed by atoms with Gasteiger partial charge in [0.1, 0.15) is 4.88 Å². The third kappa shape index (κ3) is 4.46. The Morgan fingerprint density at radius 3 is 2.68 bits per heavy atom. The fourth-order valence-electron chi connectivity index (χ4n) is 1.99. The van der Waals surface area contributed by atoms with E-state index in [0.29, 0.717) is 24.6 Å². The Hall–Kier alpha value is -2.08. The van der Waals surface area contributed by atoms with Gasteiger partial charge >= 0.3 is 0 Å². The molecule has 5 nitrogen and oxygen atoms in total. The summed E-state index contributed by atoms with van der Waals surface area (Å²) in [7, 11) is 0. The smallest absolute Gasteiger partial charge is 0.263 e. The number of carbonyl (C=O) groups excluding carboxylic acids is 1. The largest absolute Gasteiger partial charge is 0.490 e.